The lowest BCUT2D eigenvalue weighted by Gasteiger charge is -2.26. The minimum absolute atomic E-state index is 0.103. The molecule has 0 radical (unpaired) electrons. The third-order valence-corrected chi connectivity index (χ3v) is 6.12. The van der Waals surface area contributed by atoms with E-state index in [1.165, 1.54) is 50.1 Å². The molecule has 4 aromatic rings. The summed E-state index contributed by atoms with van der Waals surface area (Å²) < 4.78 is 6.33. The molecular formula is C29H26O. The van der Waals surface area contributed by atoms with E-state index in [1.54, 1.807) is 0 Å². The van der Waals surface area contributed by atoms with Crippen molar-refractivity contribution in [2.45, 2.75) is 33.0 Å². The van der Waals surface area contributed by atoms with Crippen LogP contribution in [0.4, 0.5) is 0 Å². The van der Waals surface area contributed by atoms with Gasteiger partial charge in [0.25, 0.3) is 0 Å². The van der Waals surface area contributed by atoms with Gasteiger partial charge in [-0.1, -0.05) is 84.4 Å². The van der Waals surface area contributed by atoms with Gasteiger partial charge in [-0.25, -0.2) is 0 Å². The van der Waals surface area contributed by atoms with Crippen molar-refractivity contribution in [2.24, 2.45) is 0 Å². The Labute approximate surface area is 179 Å². The predicted molar refractivity (Wildman–Crippen MR) is 124 cm³/mol. The molecule has 1 aliphatic rings. The van der Waals surface area contributed by atoms with E-state index in [2.05, 4.69) is 105 Å². The zero-order valence-corrected chi connectivity index (χ0v) is 17.6. The van der Waals surface area contributed by atoms with Gasteiger partial charge in [-0.15, -0.1) is 0 Å². The second kappa shape index (κ2) is 7.93. The summed E-state index contributed by atoms with van der Waals surface area (Å²) in [4.78, 5) is 0. The van der Waals surface area contributed by atoms with Crippen molar-refractivity contribution >= 4 is 0 Å². The van der Waals surface area contributed by atoms with E-state index in [4.69, 9.17) is 4.74 Å². The van der Waals surface area contributed by atoms with E-state index in [0.29, 0.717) is 6.61 Å². The Morgan fingerprint density at radius 3 is 2.30 bits per heavy atom. The van der Waals surface area contributed by atoms with Crippen LogP contribution < -0.4 is 0 Å². The second-order valence-corrected chi connectivity index (χ2v) is 8.30. The monoisotopic (exact) mass is 390 g/mol. The molecule has 0 saturated carbocycles. The Morgan fingerprint density at radius 2 is 1.47 bits per heavy atom. The summed E-state index contributed by atoms with van der Waals surface area (Å²) in [7, 11) is 0. The van der Waals surface area contributed by atoms with Gasteiger partial charge in [0.05, 0.1) is 12.7 Å². The Bertz CT molecular complexity index is 1200. The Morgan fingerprint density at radius 1 is 0.667 bits per heavy atom. The summed E-state index contributed by atoms with van der Waals surface area (Å²) in [5, 5.41) is 0. The molecule has 0 spiro atoms. The standard InChI is InChI=1S/C29H26O/c1-20-7-5-9-22(15-20)23-10-6-11-26(16-23)29-18-24-13-14-25(17-27(24)19-30-29)28-12-4-3-8-21(28)2/h3-17,29H,18-19H2,1-2H3. The van der Waals surface area contributed by atoms with Crippen molar-refractivity contribution in [3.05, 3.63) is 119 Å². The highest BCUT2D eigenvalue weighted by Crippen LogP contribution is 2.35. The van der Waals surface area contributed by atoms with Gasteiger partial charge in [0, 0.05) is 6.42 Å². The molecule has 0 aromatic heterocycles. The summed E-state index contributed by atoms with van der Waals surface area (Å²) in [5.74, 6) is 0. The number of benzene rings is 4. The van der Waals surface area contributed by atoms with Crippen molar-refractivity contribution in [3.63, 3.8) is 0 Å². The molecule has 0 aliphatic carbocycles. The molecule has 0 bridgehead atoms. The van der Waals surface area contributed by atoms with Gasteiger partial charge in [-0.2, -0.15) is 0 Å². The smallest absolute Gasteiger partial charge is 0.0870 e. The highest BCUT2D eigenvalue weighted by atomic mass is 16.5. The first-order chi connectivity index (χ1) is 14.7. The fourth-order valence-corrected chi connectivity index (χ4v) is 4.43. The van der Waals surface area contributed by atoms with Crippen LogP contribution >= 0.6 is 0 Å². The van der Waals surface area contributed by atoms with E-state index in [9.17, 15) is 0 Å². The van der Waals surface area contributed by atoms with Crippen molar-refractivity contribution < 1.29 is 4.74 Å². The summed E-state index contributed by atoms with van der Waals surface area (Å²) in [6.07, 6.45) is 1.02. The van der Waals surface area contributed by atoms with E-state index in [1.807, 2.05) is 0 Å². The van der Waals surface area contributed by atoms with Crippen LogP contribution in [0.2, 0.25) is 0 Å². The molecule has 0 fully saturated rings. The molecular weight excluding hydrogens is 364 g/mol. The molecule has 148 valence electrons. The SMILES string of the molecule is Cc1cccc(-c2cccc(C3Cc4ccc(-c5ccccc5C)cc4CO3)c2)c1. The van der Waals surface area contributed by atoms with Crippen LogP contribution in [0.25, 0.3) is 22.3 Å². The maximum atomic E-state index is 6.33. The largest absolute Gasteiger partial charge is 0.368 e. The molecule has 1 aliphatic heterocycles. The van der Waals surface area contributed by atoms with Gasteiger partial charge in [-0.3, -0.25) is 0 Å². The van der Waals surface area contributed by atoms with Gasteiger partial charge >= 0.3 is 0 Å². The average molecular weight is 391 g/mol. The Balaban J connectivity index is 1.41. The van der Waals surface area contributed by atoms with Crippen LogP contribution in [0.15, 0.2) is 91.0 Å². The average Bonchev–Trinajstić information content (AvgIpc) is 2.79. The van der Waals surface area contributed by atoms with Gasteiger partial charge in [0.2, 0.25) is 0 Å². The van der Waals surface area contributed by atoms with E-state index >= 15 is 0 Å². The summed E-state index contributed by atoms with van der Waals surface area (Å²) in [5.41, 5.74) is 11.6. The normalized spacial score (nSPS) is 15.6. The lowest BCUT2D eigenvalue weighted by atomic mass is 9.90. The van der Waals surface area contributed by atoms with E-state index in [-0.39, 0.29) is 6.10 Å². The first-order valence-corrected chi connectivity index (χ1v) is 10.6. The third-order valence-electron chi connectivity index (χ3n) is 6.12. The second-order valence-electron chi connectivity index (χ2n) is 8.30. The van der Waals surface area contributed by atoms with Crippen LogP contribution in [-0.4, -0.2) is 0 Å². The first kappa shape index (κ1) is 18.8. The number of rotatable bonds is 3. The Kier molecular flexibility index (Phi) is 4.98. The van der Waals surface area contributed by atoms with Crippen molar-refractivity contribution in [1.82, 2.24) is 0 Å². The predicted octanol–water partition coefficient (Wildman–Crippen LogP) is 7.45. The number of hydrogen-bond acceptors (Lipinski definition) is 1. The maximum Gasteiger partial charge on any atom is 0.0870 e. The van der Waals surface area contributed by atoms with Gasteiger partial charge in [0.1, 0.15) is 0 Å². The van der Waals surface area contributed by atoms with Crippen molar-refractivity contribution in [3.8, 4) is 22.3 Å². The van der Waals surface area contributed by atoms with Gasteiger partial charge < -0.3 is 4.74 Å². The molecule has 4 aromatic carbocycles. The highest BCUT2D eigenvalue weighted by molar-refractivity contribution is 5.68. The van der Waals surface area contributed by atoms with E-state index in [0.717, 1.165) is 6.42 Å². The summed E-state index contributed by atoms with van der Waals surface area (Å²) in [6, 6.07) is 32.9. The molecule has 0 amide bonds. The number of fused-ring (bicyclic) bond motifs is 1. The lowest BCUT2D eigenvalue weighted by molar-refractivity contribution is 0.0275. The lowest BCUT2D eigenvalue weighted by Crippen LogP contribution is -2.15. The van der Waals surface area contributed by atoms with Crippen molar-refractivity contribution in [1.29, 1.82) is 0 Å². The molecule has 1 nitrogen and oxygen atoms in total. The molecule has 1 atom stereocenters. The van der Waals surface area contributed by atoms with Crippen LogP contribution in [0.5, 0.6) is 0 Å². The summed E-state index contributed by atoms with van der Waals surface area (Å²) in [6.45, 7) is 4.97. The Hall–Kier alpha value is -3.16. The van der Waals surface area contributed by atoms with E-state index < -0.39 is 0 Å². The van der Waals surface area contributed by atoms with Gasteiger partial charge in [-0.05, 0) is 70.5 Å². The molecule has 1 heteroatoms. The minimum Gasteiger partial charge on any atom is -0.368 e. The fourth-order valence-electron chi connectivity index (χ4n) is 4.43. The quantitative estimate of drug-likeness (QED) is 0.353. The molecule has 1 unspecified atom stereocenters. The molecule has 0 saturated heterocycles. The topological polar surface area (TPSA) is 9.23 Å². The van der Waals surface area contributed by atoms with Gasteiger partial charge in [0.15, 0.2) is 0 Å². The van der Waals surface area contributed by atoms with Crippen LogP contribution in [0.1, 0.15) is 33.9 Å². The number of aryl methyl sites for hydroxylation is 2. The molecule has 1 heterocycles. The zero-order valence-electron chi connectivity index (χ0n) is 17.6. The first-order valence-electron chi connectivity index (χ1n) is 10.6. The minimum atomic E-state index is 0.103. The third kappa shape index (κ3) is 3.69. The van der Waals surface area contributed by atoms with Crippen LogP contribution in [0, 0.1) is 13.8 Å². The maximum absolute atomic E-state index is 6.33. The highest BCUT2D eigenvalue weighted by Gasteiger charge is 2.21. The molecule has 30 heavy (non-hydrogen) atoms. The molecule has 5 rings (SSSR count). The number of hydrogen-bond donors (Lipinski definition) is 0. The summed E-state index contributed by atoms with van der Waals surface area (Å²) >= 11 is 0. The zero-order chi connectivity index (χ0) is 20.5. The van der Waals surface area contributed by atoms with Crippen LogP contribution in [-0.2, 0) is 17.8 Å². The fraction of sp³-hybridized carbons (Fsp3) is 0.172. The van der Waals surface area contributed by atoms with Crippen LogP contribution in [0.3, 0.4) is 0 Å². The van der Waals surface area contributed by atoms with Crippen molar-refractivity contribution in [2.75, 3.05) is 0 Å². The molecule has 0 N–H and O–H groups in total. The number of ether oxygens (including phenoxy) is 1.